The zero-order chi connectivity index (χ0) is 18.1. The van der Waals surface area contributed by atoms with Crippen LogP contribution in [0.25, 0.3) is 10.9 Å². The first-order chi connectivity index (χ1) is 12.6. The van der Waals surface area contributed by atoms with Crippen molar-refractivity contribution in [1.29, 1.82) is 0 Å². The molecule has 6 nitrogen and oxygen atoms in total. The molecule has 130 valence electrons. The van der Waals surface area contributed by atoms with Crippen LogP contribution in [-0.2, 0) is 0 Å². The molecule has 0 spiro atoms. The number of nitrogens with one attached hydrogen (secondary N) is 3. The fraction of sp³-hybridized carbons (Fsp3) is 0. The van der Waals surface area contributed by atoms with Gasteiger partial charge in [0.2, 0.25) is 5.95 Å². The van der Waals surface area contributed by atoms with Crippen molar-refractivity contribution in [3.05, 3.63) is 66.2 Å². The molecule has 2 heterocycles. The van der Waals surface area contributed by atoms with Crippen molar-refractivity contribution >= 4 is 34.0 Å². The Morgan fingerprint density at radius 2 is 1.62 bits per heavy atom. The van der Waals surface area contributed by atoms with E-state index in [9.17, 15) is 13.2 Å². The van der Waals surface area contributed by atoms with Gasteiger partial charge >= 0.3 is 0 Å². The third-order valence-corrected chi connectivity index (χ3v) is 3.62. The van der Waals surface area contributed by atoms with E-state index in [0.717, 1.165) is 29.2 Å². The fourth-order valence-electron chi connectivity index (χ4n) is 2.37. The Morgan fingerprint density at radius 3 is 2.46 bits per heavy atom. The Hall–Kier alpha value is -3.62. The summed E-state index contributed by atoms with van der Waals surface area (Å²) in [5.74, 6) is -2.80. The van der Waals surface area contributed by atoms with Gasteiger partial charge in [-0.25, -0.2) is 18.2 Å². The standard InChI is InChI=1S/C17H11F3N6/c18-12-4-3-10(5-13(12)19)23-16-14(20)8-21-17(25-16)24-11-2-1-9-7-22-26-15(9)6-11/h1-8H,(H,22,26)(H2,21,23,24,25). The highest BCUT2D eigenvalue weighted by Gasteiger charge is 2.10. The van der Waals surface area contributed by atoms with E-state index in [-0.39, 0.29) is 17.5 Å². The van der Waals surface area contributed by atoms with Crippen LogP contribution in [0.5, 0.6) is 0 Å². The first-order valence-electron chi connectivity index (χ1n) is 7.53. The lowest BCUT2D eigenvalue weighted by molar-refractivity contribution is 0.509. The number of benzene rings is 2. The molecule has 0 saturated carbocycles. The van der Waals surface area contributed by atoms with Gasteiger partial charge in [0.15, 0.2) is 23.3 Å². The number of aromatic nitrogens is 4. The molecule has 0 aliphatic heterocycles. The summed E-state index contributed by atoms with van der Waals surface area (Å²) in [6.07, 6.45) is 2.67. The van der Waals surface area contributed by atoms with Crippen molar-refractivity contribution in [2.75, 3.05) is 10.6 Å². The van der Waals surface area contributed by atoms with Crippen molar-refractivity contribution in [2.45, 2.75) is 0 Å². The highest BCUT2D eigenvalue weighted by Crippen LogP contribution is 2.23. The summed E-state index contributed by atoms with van der Waals surface area (Å²) in [7, 11) is 0. The van der Waals surface area contributed by atoms with E-state index in [1.165, 1.54) is 6.07 Å². The Kier molecular flexibility index (Phi) is 3.88. The van der Waals surface area contributed by atoms with E-state index in [1.807, 2.05) is 6.07 Å². The van der Waals surface area contributed by atoms with Crippen molar-refractivity contribution in [2.24, 2.45) is 0 Å². The van der Waals surface area contributed by atoms with Crippen LogP contribution in [0.1, 0.15) is 0 Å². The predicted octanol–water partition coefficient (Wildman–Crippen LogP) is 4.26. The number of nitrogens with zero attached hydrogens (tertiary/aromatic N) is 3. The van der Waals surface area contributed by atoms with Crippen molar-refractivity contribution in [3.63, 3.8) is 0 Å². The normalized spacial score (nSPS) is 10.9. The maximum Gasteiger partial charge on any atom is 0.229 e. The second-order valence-corrected chi connectivity index (χ2v) is 5.44. The van der Waals surface area contributed by atoms with Crippen LogP contribution in [0.2, 0.25) is 0 Å². The number of fused-ring (bicyclic) bond motifs is 1. The monoisotopic (exact) mass is 356 g/mol. The lowest BCUT2D eigenvalue weighted by Gasteiger charge is -2.10. The third kappa shape index (κ3) is 3.14. The molecule has 0 aliphatic rings. The molecular formula is C17H11F3N6. The van der Waals surface area contributed by atoms with Crippen LogP contribution in [0.3, 0.4) is 0 Å². The molecule has 9 heteroatoms. The molecule has 4 aromatic rings. The highest BCUT2D eigenvalue weighted by atomic mass is 19.2. The molecule has 4 rings (SSSR count). The lowest BCUT2D eigenvalue weighted by atomic mass is 10.2. The molecule has 0 bridgehead atoms. The van der Waals surface area contributed by atoms with E-state index < -0.39 is 17.5 Å². The minimum Gasteiger partial charge on any atom is -0.338 e. The van der Waals surface area contributed by atoms with Gasteiger partial charge in [0.25, 0.3) is 0 Å². The van der Waals surface area contributed by atoms with Crippen molar-refractivity contribution in [3.8, 4) is 0 Å². The predicted molar refractivity (Wildman–Crippen MR) is 91.0 cm³/mol. The van der Waals surface area contributed by atoms with E-state index >= 15 is 0 Å². The van der Waals surface area contributed by atoms with E-state index in [0.29, 0.717) is 5.69 Å². The number of halogens is 3. The first kappa shape index (κ1) is 15.9. The molecule has 3 N–H and O–H groups in total. The number of rotatable bonds is 4. The van der Waals surface area contributed by atoms with Gasteiger partial charge in [-0.2, -0.15) is 10.1 Å². The second-order valence-electron chi connectivity index (χ2n) is 5.44. The van der Waals surface area contributed by atoms with Gasteiger partial charge in [-0.1, -0.05) is 0 Å². The zero-order valence-corrected chi connectivity index (χ0v) is 13.1. The summed E-state index contributed by atoms with van der Waals surface area (Å²) >= 11 is 0. The van der Waals surface area contributed by atoms with Gasteiger partial charge in [-0.05, 0) is 30.3 Å². The number of hydrogen-bond acceptors (Lipinski definition) is 5. The van der Waals surface area contributed by atoms with Gasteiger partial charge in [0, 0.05) is 22.8 Å². The Labute approximate surface area is 145 Å². The molecule has 0 saturated heterocycles. The van der Waals surface area contributed by atoms with Crippen LogP contribution in [-0.4, -0.2) is 20.2 Å². The largest absolute Gasteiger partial charge is 0.338 e. The smallest absolute Gasteiger partial charge is 0.229 e. The van der Waals surface area contributed by atoms with Crippen LogP contribution >= 0.6 is 0 Å². The Bertz CT molecular complexity index is 1100. The van der Waals surface area contributed by atoms with Crippen LogP contribution in [0.4, 0.5) is 36.3 Å². The van der Waals surface area contributed by atoms with E-state index in [2.05, 4.69) is 30.8 Å². The van der Waals surface area contributed by atoms with Gasteiger partial charge in [-0.3, -0.25) is 5.10 Å². The highest BCUT2D eigenvalue weighted by molar-refractivity contribution is 5.82. The molecule has 2 aromatic carbocycles. The average molecular weight is 356 g/mol. The van der Waals surface area contributed by atoms with E-state index in [4.69, 9.17) is 0 Å². The topological polar surface area (TPSA) is 78.5 Å². The van der Waals surface area contributed by atoms with Gasteiger partial charge in [0.05, 0.1) is 17.9 Å². The molecule has 0 amide bonds. The number of hydrogen-bond donors (Lipinski definition) is 3. The maximum absolute atomic E-state index is 13.9. The SMILES string of the molecule is Fc1ccc(Nc2nc(Nc3ccc4cn[nH]c4c3)ncc2F)cc1F. The quantitative estimate of drug-likeness (QED) is 0.509. The van der Waals surface area contributed by atoms with Crippen LogP contribution in [0.15, 0.2) is 48.8 Å². The minimum atomic E-state index is -1.05. The van der Waals surface area contributed by atoms with Crippen molar-refractivity contribution < 1.29 is 13.2 Å². The summed E-state index contributed by atoms with van der Waals surface area (Å²) in [5.41, 5.74) is 1.65. The fourth-order valence-corrected chi connectivity index (χ4v) is 2.37. The van der Waals surface area contributed by atoms with Crippen molar-refractivity contribution in [1.82, 2.24) is 20.2 Å². The van der Waals surface area contributed by atoms with E-state index in [1.54, 1.807) is 18.3 Å². The number of aromatic amines is 1. The summed E-state index contributed by atoms with van der Waals surface area (Å²) in [6.45, 7) is 0. The molecule has 0 unspecified atom stereocenters. The Balaban J connectivity index is 1.59. The van der Waals surface area contributed by atoms with Gasteiger partial charge in [0.1, 0.15) is 0 Å². The minimum absolute atomic E-state index is 0.135. The molecule has 26 heavy (non-hydrogen) atoms. The summed E-state index contributed by atoms with van der Waals surface area (Å²) in [5, 5.41) is 13.3. The molecule has 0 fully saturated rings. The van der Waals surface area contributed by atoms with Gasteiger partial charge in [-0.15, -0.1) is 0 Å². The molecule has 0 radical (unpaired) electrons. The number of anilines is 4. The molecule has 0 atom stereocenters. The maximum atomic E-state index is 13.9. The summed E-state index contributed by atoms with van der Waals surface area (Å²) in [4.78, 5) is 7.91. The van der Waals surface area contributed by atoms with Crippen LogP contribution < -0.4 is 10.6 Å². The second kappa shape index (κ2) is 6.36. The lowest BCUT2D eigenvalue weighted by Crippen LogP contribution is -2.03. The summed E-state index contributed by atoms with van der Waals surface area (Å²) < 4.78 is 40.2. The molecule has 0 aliphatic carbocycles. The summed E-state index contributed by atoms with van der Waals surface area (Å²) in [6, 6.07) is 8.58. The molecular weight excluding hydrogens is 345 g/mol. The van der Waals surface area contributed by atoms with Gasteiger partial charge < -0.3 is 10.6 Å². The Morgan fingerprint density at radius 1 is 0.808 bits per heavy atom. The first-order valence-corrected chi connectivity index (χ1v) is 7.53. The third-order valence-electron chi connectivity index (χ3n) is 3.62. The van der Waals surface area contributed by atoms with Crippen LogP contribution in [0, 0.1) is 17.5 Å². The molecule has 2 aromatic heterocycles. The number of H-pyrrole nitrogens is 1. The zero-order valence-electron chi connectivity index (χ0n) is 13.1. The average Bonchev–Trinajstić information content (AvgIpc) is 3.09.